The average Bonchev–Trinajstić information content (AvgIpc) is 2.56. The molecule has 1 aromatic rings. The maximum absolute atomic E-state index is 12.4. The van der Waals surface area contributed by atoms with Crippen molar-refractivity contribution >= 4 is 23.5 Å². The van der Waals surface area contributed by atoms with Gasteiger partial charge in [-0.3, -0.25) is 9.59 Å². The second kappa shape index (κ2) is 8.96. The van der Waals surface area contributed by atoms with Crippen LogP contribution in [0, 0.1) is 0 Å². The van der Waals surface area contributed by atoms with Crippen LogP contribution in [0.2, 0.25) is 0 Å². The minimum Gasteiger partial charge on any atom is -0.494 e. The Morgan fingerprint density at radius 2 is 1.87 bits per heavy atom. The van der Waals surface area contributed by atoms with Crippen molar-refractivity contribution in [3.63, 3.8) is 0 Å². The van der Waals surface area contributed by atoms with Crippen molar-refractivity contribution in [2.45, 2.75) is 55.9 Å². The van der Waals surface area contributed by atoms with E-state index < -0.39 is 11.2 Å². The first kappa shape index (κ1) is 17.9. The molecule has 0 heterocycles. The van der Waals surface area contributed by atoms with Gasteiger partial charge in [0.2, 0.25) is 0 Å². The molecular weight excluding hydrogens is 312 g/mol. The number of aliphatic carboxylic acids is 1. The lowest BCUT2D eigenvalue weighted by atomic mass is 10.0. The number of carbonyl (C=O) groups excluding carboxylic acids is 1. The summed E-state index contributed by atoms with van der Waals surface area (Å²) >= 11 is 1.46. The molecule has 1 fully saturated rings. The average molecular weight is 336 g/mol. The highest BCUT2D eigenvalue weighted by Gasteiger charge is 2.27. The third-order valence-electron chi connectivity index (χ3n) is 4.04. The fourth-order valence-electron chi connectivity index (χ4n) is 2.82. The van der Waals surface area contributed by atoms with Gasteiger partial charge in [0.1, 0.15) is 11.0 Å². The summed E-state index contributed by atoms with van der Waals surface area (Å²) < 4.78 is 5.35. The van der Waals surface area contributed by atoms with Crippen LogP contribution < -0.4 is 4.74 Å². The Balaban J connectivity index is 1.95. The van der Waals surface area contributed by atoms with Gasteiger partial charge in [-0.15, -0.1) is 11.8 Å². The van der Waals surface area contributed by atoms with Crippen LogP contribution in [0.15, 0.2) is 24.3 Å². The Labute approximate surface area is 141 Å². The molecule has 1 N–H and O–H groups in total. The van der Waals surface area contributed by atoms with E-state index in [1.165, 1.54) is 18.2 Å². The highest BCUT2D eigenvalue weighted by molar-refractivity contribution is 8.01. The predicted molar refractivity (Wildman–Crippen MR) is 92.4 cm³/mol. The van der Waals surface area contributed by atoms with Crippen LogP contribution in [-0.2, 0) is 4.79 Å². The molecule has 4 nitrogen and oxygen atoms in total. The van der Waals surface area contributed by atoms with Crippen LogP contribution in [0.3, 0.4) is 0 Å². The molecule has 23 heavy (non-hydrogen) atoms. The number of ether oxygens (including phenoxy) is 1. The van der Waals surface area contributed by atoms with Crippen LogP contribution in [0.25, 0.3) is 0 Å². The highest BCUT2D eigenvalue weighted by atomic mass is 32.2. The van der Waals surface area contributed by atoms with Gasteiger partial charge in [-0.2, -0.15) is 0 Å². The number of hydrogen-bond donors (Lipinski definition) is 1. The van der Waals surface area contributed by atoms with Gasteiger partial charge in [-0.05, 0) is 44.0 Å². The molecule has 0 radical (unpaired) electrons. The molecule has 5 heteroatoms. The minimum atomic E-state index is -0.889. The van der Waals surface area contributed by atoms with Crippen LogP contribution in [0.1, 0.15) is 55.8 Å². The van der Waals surface area contributed by atoms with E-state index in [0.29, 0.717) is 17.4 Å². The Bertz CT molecular complexity index is 520. The van der Waals surface area contributed by atoms with E-state index in [-0.39, 0.29) is 12.2 Å². The molecule has 0 bridgehead atoms. The van der Waals surface area contributed by atoms with Crippen LogP contribution >= 0.6 is 11.8 Å². The van der Waals surface area contributed by atoms with Gasteiger partial charge < -0.3 is 9.84 Å². The molecule has 0 saturated heterocycles. The fourth-order valence-corrected chi connectivity index (χ4v) is 4.25. The Morgan fingerprint density at radius 1 is 1.22 bits per heavy atom. The summed E-state index contributed by atoms with van der Waals surface area (Å²) in [5.74, 6) is -0.293. The minimum absolute atomic E-state index is 0.0461. The normalized spacial score (nSPS) is 16.7. The lowest BCUT2D eigenvalue weighted by Crippen LogP contribution is -2.24. The zero-order chi connectivity index (χ0) is 16.7. The van der Waals surface area contributed by atoms with Crippen molar-refractivity contribution in [2.75, 3.05) is 6.61 Å². The van der Waals surface area contributed by atoms with E-state index >= 15 is 0 Å². The van der Waals surface area contributed by atoms with E-state index in [2.05, 4.69) is 0 Å². The molecular formula is C18H24O4S. The summed E-state index contributed by atoms with van der Waals surface area (Å²) in [7, 11) is 0. The molecule has 126 valence electrons. The topological polar surface area (TPSA) is 63.6 Å². The summed E-state index contributed by atoms with van der Waals surface area (Å²) in [5, 5.41) is 9.14. The lowest BCUT2D eigenvalue weighted by molar-refractivity contribution is -0.136. The second-order valence-electron chi connectivity index (χ2n) is 5.81. The first-order valence-electron chi connectivity index (χ1n) is 8.24. The molecule has 1 aliphatic carbocycles. The number of carbonyl (C=O) groups is 2. The monoisotopic (exact) mass is 336 g/mol. The van der Waals surface area contributed by atoms with Crippen molar-refractivity contribution < 1.29 is 19.4 Å². The Morgan fingerprint density at radius 3 is 2.43 bits per heavy atom. The number of benzene rings is 1. The molecule has 0 amide bonds. The van der Waals surface area contributed by atoms with Gasteiger partial charge in [0, 0.05) is 17.2 Å². The van der Waals surface area contributed by atoms with Gasteiger partial charge in [0.05, 0.1) is 6.61 Å². The smallest absolute Gasteiger partial charge is 0.317 e. The standard InChI is InChI=1S/C18H24O4S/c1-2-22-14-10-8-13(9-11-14)16(19)12-17(18(20)21)23-15-6-4-3-5-7-15/h8-11,15,17H,2-7,12H2,1H3,(H,20,21). The molecule has 1 unspecified atom stereocenters. The third-order valence-corrected chi connectivity index (χ3v) is 5.60. The van der Waals surface area contributed by atoms with Gasteiger partial charge in [0.15, 0.2) is 5.78 Å². The number of carboxylic acids is 1. The summed E-state index contributed by atoms with van der Waals surface area (Å²) in [4.78, 5) is 23.8. The van der Waals surface area contributed by atoms with E-state index in [1.807, 2.05) is 6.92 Å². The van der Waals surface area contributed by atoms with E-state index in [1.54, 1.807) is 24.3 Å². The third kappa shape index (κ3) is 5.57. The summed E-state index contributed by atoms with van der Waals surface area (Å²) in [6.07, 6.45) is 5.73. The van der Waals surface area contributed by atoms with Crippen LogP contribution in [-0.4, -0.2) is 34.0 Å². The predicted octanol–water partition coefficient (Wildman–Crippen LogP) is 4.18. The highest BCUT2D eigenvalue weighted by Crippen LogP contribution is 2.33. The molecule has 0 aliphatic heterocycles. The maximum Gasteiger partial charge on any atom is 0.317 e. The number of Topliss-reactive ketones (excluding diaryl/α,β-unsaturated/α-hetero) is 1. The van der Waals surface area contributed by atoms with Gasteiger partial charge in [0.25, 0.3) is 0 Å². The Hall–Kier alpha value is -1.49. The number of hydrogen-bond acceptors (Lipinski definition) is 4. The number of thioether (sulfide) groups is 1. The number of carboxylic acid groups (broad SMARTS) is 1. The van der Waals surface area contributed by atoms with Gasteiger partial charge in [-0.1, -0.05) is 19.3 Å². The van der Waals surface area contributed by atoms with E-state index in [0.717, 1.165) is 31.4 Å². The molecule has 1 atom stereocenters. The molecule has 0 spiro atoms. The lowest BCUT2D eigenvalue weighted by Gasteiger charge is -2.24. The molecule has 1 aliphatic rings. The fraction of sp³-hybridized carbons (Fsp3) is 0.556. The SMILES string of the molecule is CCOc1ccc(C(=O)CC(SC2CCCCC2)C(=O)O)cc1. The summed E-state index contributed by atoms with van der Waals surface area (Å²) in [5.41, 5.74) is 0.545. The largest absolute Gasteiger partial charge is 0.494 e. The summed E-state index contributed by atoms with van der Waals surface area (Å²) in [6, 6.07) is 6.91. The quantitative estimate of drug-likeness (QED) is 0.722. The first-order valence-corrected chi connectivity index (χ1v) is 9.18. The van der Waals surface area contributed by atoms with E-state index in [4.69, 9.17) is 4.74 Å². The second-order valence-corrected chi connectivity index (χ2v) is 7.32. The van der Waals surface area contributed by atoms with Crippen molar-refractivity contribution in [1.29, 1.82) is 0 Å². The van der Waals surface area contributed by atoms with Crippen molar-refractivity contribution in [3.05, 3.63) is 29.8 Å². The van der Waals surface area contributed by atoms with Crippen LogP contribution in [0.5, 0.6) is 5.75 Å². The molecule has 1 aromatic carbocycles. The van der Waals surface area contributed by atoms with Crippen molar-refractivity contribution in [2.24, 2.45) is 0 Å². The van der Waals surface area contributed by atoms with Crippen molar-refractivity contribution in [1.82, 2.24) is 0 Å². The maximum atomic E-state index is 12.4. The Kier molecular flexibility index (Phi) is 6.96. The molecule has 0 aromatic heterocycles. The van der Waals surface area contributed by atoms with Gasteiger partial charge in [-0.25, -0.2) is 0 Å². The zero-order valence-electron chi connectivity index (χ0n) is 13.5. The van der Waals surface area contributed by atoms with E-state index in [9.17, 15) is 14.7 Å². The summed E-state index contributed by atoms with van der Waals surface area (Å²) in [6.45, 7) is 2.48. The number of rotatable bonds is 8. The number of ketones is 1. The van der Waals surface area contributed by atoms with Crippen molar-refractivity contribution in [3.8, 4) is 5.75 Å². The van der Waals surface area contributed by atoms with Gasteiger partial charge >= 0.3 is 5.97 Å². The first-order chi connectivity index (χ1) is 11.1. The van der Waals surface area contributed by atoms with Crippen LogP contribution in [0.4, 0.5) is 0 Å². The molecule has 2 rings (SSSR count). The zero-order valence-corrected chi connectivity index (χ0v) is 14.3. The molecule has 1 saturated carbocycles.